The summed E-state index contributed by atoms with van der Waals surface area (Å²) in [5.74, 6) is -0.105. The Morgan fingerprint density at radius 1 is 0.250 bits per heavy atom. The van der Waals surface area contributed by atoms with Crippen LogP contribution in [-0.4, -0.2) is 12.6 Å². The molecular weight excluding hydrogens is 1180 g/mol. The van der Waals surface area contributed by atoms with Gasteiger partial charge >= 0.3 is 0 Å². The van der Waals surface area contributed by atoms with Crippen LogP contribution in [0.25, 0.3) is 127 Å². The van der Waals surface area contributed by atoms with Crippen LogP contribution in [0.2, 0.25) is 0 Å². The Morgan fingerprint density at radius 2 is 0.688 bits per heavy atom. The number of furan rings is 2. The van der Waals surface area contributed by atoms with Gasteiger partial charge in [-0.15, -0.1) is 0 Å². The van der Waals surface area contributed by atoms with Crippen LogP contribution in [0, 0.1) is 0 Å². The van der Waals surface area contributed by atoms with Crippen LogP contribution in [0.1, 0.15) is 45.2 Å². The molecule has 3 aliphatic carbocycles. The lowest BCUT2D eigenvalue weighted by molar-refractivity contribution is 0.668. The number of rotatable bonds is 10. The standard InChI is InChI=1S/C92H59NO2Si/c1-4-23-58(24-5-1)60-27-18-31-66(53-60)96(65-29-8-3-9-30-65,67-32-19-28-61(54-67)59-25-6-2-7-26-59)87-46-22-41-76-89-73-36-10-11-37-74(73)92(91(76)87)90-75(89)40-21-43-82(90)93-80-42-15-12-33-70(80)77-57-64(47-50-81(77)93)88-68(62-48-51-85-78(55-62)71-34-13-16-44-83(71)94-85)38-20-39-69(88)63-49-52-86-79(56-63)72-35-14-17-45-84(72)95-86/h1-57,89,92H. The molecule has 448 valence electrons. The molecule has 3 heterocycles. The first-order valence-electron chi connectivity index (χ1n) is 33.3. The molecule has 0 amide bonds. The van der Waals surface area contributed by atoms with E-state index in [-0.39, 0.29) is 11.8 Å². The summed E-state index contributed by atoms with van der Waals surface area (Å²) in [6.45, 7) is 0. The monoisotopic (exact) mass is 1240 g/mol. The molecular formula is C92H59NO2Si. The molecule has 0 aliphatic heterocycles. The molecule has 3 aromatic heterocycles. The van der Waals surface area contributed by atoms with Crippen LogP contribution in [0.15, 0.2) is 355 Å². The van der Waals surface area contributed by atoms with Crippen molar-refractivity contribution in [1.82, 2.24) is 4.57 Å². The van der Waals surface area contributed by atoms with Gasteiger partial charge < -0.3 is 13.4 Å². The average molecular weight is 1240 g/mol. The number of para-hydroxylation sites is 3. The fraction of sp³-hybridized carbons (Fsp3) is 0.0217. The first-order chi connectivity index (χ1) is 47.6. The Labute approximate surface area is 556 Å². The fourth-order valence-electron chi connectivity index (χ4n) is 17.1. The highest BCUT2D eigenvalue weighted by atomic mass is 28.3. The molecule has 15 aromatic carbocycles. The van der Waals surface area contributed by atoms with Crippen molar-refractivity contribution in [2.75, 3.05) is 0 Å². The Morgan fingerprint density at radius 3 is 1.31 bits per heavy atom. The topological polar surface area (TPSA) is 31.2 Å². The van der Waals surface area contributed by atoms with Gasteiger partial charge in [-0.1, -0.05) is 285 Å². The van der Waals surface area contributed by atoms with E-state index in [0.29, 0.717) is 0 Å². The van der Waals surface area contributed by atoms with Crippen molar-refractivity contribution in [3.8, 4) is 61.3 Å². The zero-order chi connectivity index (χ0) is 63.0. The maximum atomic E-state index is 6.43. The molecule has 0 radical (unpaired) electrons. The molecule has 4 heteroatoms. The average Bonchev–Trinajstić information content (AvgIpc) is 0.710. The molecule has 2 atom stereocenters. The smallest absolute Gasteiger partial charge is 0.179 e. The van der Waals surface area contributed by atoms with Crippen LogP contribution < -0.4 is 20.7 Å². The third kappa shape index (κ3) is 8.13. The van der Waals surface area contributed by atoms with Crippen LogP contribution in [0.4, 0.5) is 0 Å². The second kappa shape index (κ2) is 21.5. The lowest BCUT2D eigenvalue weighted by Gasteiger charge is -2.47. The first-order valence-corrected chi connectivity index (χ1v) is 35.3. The lowest BCUT2D eigenvalue weighted by atomic mass is 9.60. The largest absolute Gasteiger partial charge is 0.456 e. The van der Waals surface area contributed by atoms with E-state index in [2.05, 4.69) is 338 Å². The number of benzene rings is 15. The summed E-state index contributed by atoms with van der Waals surface area (Å²) in [6, 6.07) is 130. The molecule has 0 N–H and O–H groups in total. The van der Waals surface area contributed by atoms with Crippen molar-refractivity contribution in [3.05, 3.63) is 379 Å². The van der Waals surface area contributed by atoms with Crippen LogP contribution >= 0.6 is 0 Å². The third-order valence-electron chi connectivity index (χ3n) is 21.1. The van der Waals surface area contributed by atoms with E-state index in [0.717, 1.165) is 77.2 Å². The second-order valence-corrected chi connectivity index (χ2v) is 29.8. The van der Waals surface area contributed by atoms with Gasteiger partial charge in [0.25, 0.3) is 0 Å². The number of aromatic nitrogens is 1. The van der Waals surface area contributed by atoms with E-state index in [9.17, 15) is 0 Å². The summed E-state index contributed by atoms with van der Waals surface area (Å²) < 4.78 is 15.5. The van der Waals surface area contributed by atoms with Crippen molar-refractivity contribution in [2.24, 2.45) is 0 Å². The van der Waals surface area contributed by atoms with Crippen LogP contribution in [-0.2, 0) is 0 Å². The molecule has 96 heavy (non-hydrogen) atoms. The highest BCUT2D eigenvalue weighted by Gasteiger charge is 2.50. The zero-order valence-electron chi connectivity index (χ0n) is 52.3. The molecule has 0 spiro atoms. The summed E-state index contributed by atoms with van der Waals surface area (Å²) in [4.78, 5) is 0. The second-order valence-electron chi connectivity index (χ2n) is 26.0. The molecule has 3 aliphatic rings. The van der Waals surface area contributed by atoms with Gasteiger partial charge in [0.1, 0.15) is 22.3 Å². The Hall–Kier alpha value is -12.1. The number of fused-ring (bicyclic) bond motifs is 9. The Kier molecular flexibility index (Phi) is 12.2. The predicted octanol–water partition coefficient (Wildman–Crippen LogP) is 21.3. The zero-order valence-corrected chi connectivity index (χ0v) is 53.3. The Bertz CT molecular complexity index is 5960. The minimum absolute atomic E-state index is 0.00184. The summed E-state index contributed by atoms with van der Waals surface area (Å²) >= 11 is 0. The van der Waals surface area contributed by atoms with Crippen molar-refractivity contribution in [1.29, 1.82) is 0 Å². The highest BCUT2D eigenvalue weighted by molar-refractivity contribution is 7.20. The molecule has 18 aromatic rings. The van der Waals surface area contributed by atoms with Gasteiger partial charge in [-0.2, -0.15) is 0 Å². The SMILES string of the molecule is c1ccc(-c2cccc([Si](c3ccccc3)(c3cccc(-c4ccccc4)c3)c3cccc4c3C3c5ccccc5C4c4cccc(-n5c6ccccc6c6cc(-c7c(-c8ccc9oc%10ccccc%10c9c8)cccc7-c7ccc8oc9ccccc9c8c7)ccc65)c43)c2)cc1. The van der Waals surface area contributed by atoms with Gasteiger partial charge in [-0.3, -0.25) is 0 Å². The molecule has 3 nitrogen and oxygen atoms in total. The Balaban J connectivity index is 0.826. The highest BCUT2D eigenvalue weighted by Crippen LogP contribution is 2.58. The minimum Gasteiger partial charge on any atom is -0.456 e. The summed E-state index contributed by atoms with van der Waals surface area (Å²) in [5.41, 5.74) is 27.1. The van der Waals surface area contributed by atoms with Crippen molar-refractivity contribution in [3.63, 3.8) is 0 Å². The van der Waals surface area contributed by atoms with Crippen molar-refractivity contribution >= 4 is 94.5 Å². The molecule has 21 rings (SSSR count). The normalized spacial score (nSPS) is 14.0. The number of hydrogen-bond acceptors (Lipinski definition) is 2. The van der Waals surface area contributed by atoms with E-state index in [4.69, 9.17) is 8.83 Å². The summed E-state index contributed by atoms with van der Waals surface area (Å²) in [6.07, 6.45) is 0. The molecule has 0 saturated heterocycles. The molecule has 2 bridgehead atoms. The first kappa shape index (κ1) is 54.5. The van der Waals surface area contributed by atoms with E-state index in [1.165, 1.54) is 104 Å². The summed E-state index contributed by atoms with van der Waals surface area (Å²) in [7, 11) is -3.32. The fourth-order valence-corrected chi connectivity index (χ4v) is 22.2. The van der Waals surface area contributed by atoms with Gasteiger partial charge in [-0.25, -0.2) is 0 Å². The van der Waals surface area contributed by atoms with Gasteiger partial charge in [0.2, 0.25) is 0 Å². The number of nitrogens with zero attached hydrogens (tertiary/aromatic N) is 1. The van der Waals surface area contributed by atoms with Crippen molar-refractivity contribution < 1.29 is 8.83 Å². The maximum Gasteiger partial charge on any atom is 0.179 e. The van der Waals surface area contributed by atoms with Crippen molar-refractivity contribution in [2.45, 2.75) is 11.8 Å². The van der Waals surface area contributed by atoms with Gasteiger partial charge in [0, 0.05) is 44.2 Å². The third-order valence-corrected chi connectivity index (χ3v) is 25.9. The van der Waals surface area contributed by atoms with E-state index in [1.54, 1.807) is 0 Å². The van der Waals surface area contributed by atoms with E-state index >= 15 is 0 Å². The van der Waals surface area contributed by atoms with Gasteiger partial charge in [-0.05, 0) is 170 Å². The minimum atomic E-state index is -3.32. The predicted molar refractivity (Wildman–Crippen MR) is 401 cm³/mol. The lowest BCUT2D eigenvalue weighted by Crippen LogP contribution is -2.75. The summed E-state index contributed by atoms with van der Waals surface area (Å²) in [5, 5.41) is 12.3. The van der Waals surface area contributed by atoms with E-state index in [1.807, 2.05) is 12.1 Å². The molecule has 0 saturated carbocycles. The van der Waals surface area contributed by atoms with Crippen LogP contribution in [0.5, 0.6) is 0 Å². The van der Waals surface area contributed by atoms with Gasteiger partial charge in [0.15, 0.2) is 8.07 Å². The molecule has 0 fully saturated rings. The number of hydrogen-bond donors (Lipinski definition) is 0. The van der Waals surface area contributed by atoms with Crippen LogP contribution in [0.3, 0.4) is 0 Å². The maximum absolute atomic E-state index is 6.43. The quantitative estimate of drug-likeness (QED) is 0.101. The van der Waals surface area contributed by atoms with Gasteiger partial charge in [0.05, 0.1) is 16.7 Å². The molecule has 2 unspecified atom stereocenters. The van der Waals surface area contributed by atoms with E-state index < -0.39 is 8.07 Å².